The Morgan fingerprint density at radius 2 is 1.45 bits per heavy atom. The fourth-order valence-corrected chi connectivity index (χ4v) is 4.46. The first kappa shape index (κ1) is 17.7. The molecule has 3 aromatic carbocycles. The number of carbonyl (C=O) groups is 1. The molecular formula is C26H24N2O. The van der Waals surface area contributed by atoms with Gasteiger partial charge in [0.05, 0.1) is 17.4 Å². The molecule has 2 atom stereocenters. The number of benzene rings is 3. The Labute approximate surface area is 171 Å². The molecule has 3 aromatic rings. The van der Waals surface area contributed by atoms with E-state index in [1.165, 1.54) is 11.1 Å². The summed E-state index contributed by atoms with van der Waals surface area (Å²) >= 11 is 0. The molecule has 0 saturated heterocycles. The van der Waals surface area contributed by atoms with Gasteiger partial charge in [-0.15, -0.1) is 0 Å². The van der Waals surface area contributed by atoms with Crippen LogP contribution in [0, 0.1) is 6.92 Å². The molecule has 3 nitrogen and oxygen atoms in total. The summed E-state index contributed by atoms with van der Waals surface area (Å²) in [5.41, 5.74) is 7.52. The summed E-state index contributed by atoms with van der Waals surface area (Å²) < 4.78 is 0. The standard InChI is InChI=1S/C26H24N2O/c1-17-11-13-19(14-12-17)26-25-23(27-21-9-5-6-10-22(21)28-26)15-20(16-24(25)29)18-7-3-2-4-8-18/h2-14,20,26-28H,15-16H2,1H3/t20-,26+/m0/s1. The molecule has 0 saturated carbocycles. The van der Waals surface area contributed by atoms with Crippen LogP contribution in [0.2, 0.25) is 0 Å². The predicted molar refractivity (Wildman–Crippen MR) is 118 cm³/mol. The van der Waals surface area contributed by atoms with Gasteiger partial charge in [0.1, 0.15) is 0 Å². The van der Waals surface area contributed by atoms with Gasteiger partial charge >= 0.3 is 0 Å². The van der Waals surface area contributed by atoms with E-state index in [0.29, 0.717) is 6.42 Å². The summed E-state index contributed by atoms with van der Waals surface area (Å²) in [7, 11) is 0. The minimum Gasteiger partial charge on any atom is -0.372 e. The van der Waals surface area contributed by atoms with Crippen molar-refractivity contribution < 1.29 is 4.79 Å². The Kier molecular flexibility index (Phi) is 4.44. The topological polar surface area (TPSA) is 41.1 Å². The molecule has 5 rings (SSSR count). The molecule has 0 radical (unpaired) electrons. The lowest BCUT2D eigenvalue weighted by Gasteiger charge is -2.30. The minimum absolute atomic E-state index is 0.147. The second-order valence-corrected chi connectivity index (χ2v) is 7.99. The van der Waals surface area contributed by atoms with E-state index >= 15 is 0 Å². The molecule has 0 spiro atoms. The van der Waals surface area contributed by atoms with Crippen LogP contribution < -0.4 is 10.6 Å². The third kappa shape index (κ3) is 3.33. The van der Waals surface area contributed by atoms with Crippen LogP contribution in [0.3, 0.4) is 0 Å². The van der Waals surface area contributed by atoms with Crippen molar-refractivity contribution in [1.82, 2.24) is 0 Å². The van der Waals surface area contributed by atoms with E-state index in [-0.39, 0.29) is 17.7 Å². The molecule has 0 unspecified atom stereocenters. The molecule has 0 bridgehead atoms. The molecule has 1 aliphatic carbocycles. The lowest BCUT2D eigenvalue weighted by atomic mass is 9.78. The third-order valence-electron chi connectivity index (χ3n) is 5.99. The van der Waals surface area contributed by atoms with Crippen LogP contribution in [0.1, 0.15) is 41.5 Å². The van der Waals surface area contributed by atoms with E-state index in [9.17, 15) is 4.79 Å². The van der Waals surface area contributed by atoms with Crippen LogP contribution in [0.5, 0.6) is 0 Å². The SMILES string of the molecule is Cc1ccc([C@H]2Nc3ccccc3NC3=C2C(=O)C[C@@H](c2ccccc2)C3)cc1. The van der Waals surface area contributed by atoms with Crippen molar-refractivity contribution in [3.05, 3.63) is 107 Å². The zero-order valence-corrected chi connectivity index (χ0v) is 16.5. The average Bonchev–Trinajstić information content (AvgIpc) is 2.92. The van der Waals surface area contributed by atoms with Gasteiger partial charge in [-0.05, 0) is 42.5 Å². The first-order chi connectivity index (χ1) is 14.2. The highest BCUT2D eigenvalue weighted by Gasteiger charge is 2.35. The molecule has 0 aromatic heterocycles. The number of ketones is 1. The van der Waals surface area contributed by atoms with Gasteiger partial charge in [-0.1, -0.05) is 72.3 Å². The molecule has 1 aliphatic heterocycles. The van der Waals surface area contributed by atoms with Crippen molar-refractivity contribution in [3.8, 4) is 0 Å². The normalized spacial score (nSPS) is 20.8. The van der Waals surface area contributed by atoms with Crippen LogP contribution >= 0.6 is 0 Å². The number of allylic oxidation sites excluding steroid dienone is 1. The summed E-state index contributed by atoms with van der Waals surface area (Å²) in [5, 5.41) is 7.24. The van der Waals surface area contributed by atoms with Gasteiger partial charge in [-0.2, -0.15) is 0 Å². The van der Waals surface area contributed by atoms with Crippen molar-refractivity contribution >= 4 is 17.2 Å². The first-order valence-corrected chi connectivity index (χ1v) is 10.2. The molecule has 1 heterocycles. The molecular weight excluding hydrogens is 356 g/mol. The lowest BCUT2D eigenvalue weighted by Crippen LogP contribution is -2.26. The van der Waals surface area contributed by atoms with E-state index in [0.717, 1.165) is 34.6 Å². The van der Waals surface area contributed by atoms with Gasteiger partial charge in [0, 0.05) is 17.7 Å². The fraction of sp³-hybridized carbons (Fsp3) is 0.192. The number of Topliss-reactive ketones (excluding diaryl/α,β-unsaturated/α-hetero) is 1. The summed E-state index contributed by atoms with van der Waals surface area (Å²) in [6.07, 6.45) is 1.38. The van der Waals surface area contributed by atoms with Gasteiger partial charge < -0.3 is 10.6 Å². The van der Waals surface area contributed by atoms with Crippen molar-refractivity contribution in [2.24, 2.45) is 0 Å². The quantitative estimate of drug-likeness (QED) is 0.575. The summed E-state index contributed by atoms with van der Waals surface area (Å²) in [6, 6.07) is 26.9. The minimum atomic E-state index is -0.147. The van der Waals surface area contributed by atoms with Crippen LogP contribution in [-0.4, -0.2) is 5.78 Å². The summed E-state index contributed by atoms with van der Waals surface area (Å²) in [6.45, 7) is 2.09. The molecule has 144 valence electrons. The molecule has 3 heteroatoms. The highest BCUT2D eigenvalue weighted by atomic mass is 16.1. The first-order valence-electron chi connectivity index (χ1n) is 10.2. The Hall–Kier alpha value is -3.33. The number of anilines is 2. The maximum absolute atomic E-state index is 13.4. The number of hydrogen-bond donors (Lipinski definition) is 2. The number of rotatable bonds is 2. The second-order valence-electron chi connectivity index (χ2n) is 7.99. The monoisotopic (exact) mass is 380 g/mol. The number of hydrogen-bond acceptors (Lipinski definition) is 3. The van der Waals surface area contributed by atoms with Crippen molar-refractivity contribution in [3.63, 3.8) is 0 Å². The predicted octanol–water partition coefficient (Wildman–Crippen LogP) is 5.97. The zero-order valence-electron chi connectivity index (χ0n) is 16.5. The van der Waals surface area contributed by atoms with Gasteiger partial charge in [0.15, 0.2) is 5.78 Å². The Balaban J connectivity index is 1.61. The smallest absolute Gasteiger partial charge is 0.163 e. The zero-order chi connectivity index (χ0) is 19.8. The Morgan fingerprint density at radius 1 is 0.759 bits per heavy atom. The molecule has 29 heavy (non-hydrogen) atoms. The van der Waals surface area contributed by atoms with Crippen LogP contribution in [0.15, 0.2) is 90.1 Å². The van der Waals surface area contributed by atoms with Crippen LogP contribution in [0.4, 0.5) is 11.4 Å². The van der Waals surface area contributed by atoms with Gasteiger partial charge in [0.25, 0.3) is 0 Å². The molecule has 2 N–H and O–H groups in total. The fourth-order valence-electron chi connectivity index (χ4n) is 4.46. The molecule has 2 aliphatic rings. The molecule has 0 amide bonds. The highest BCUT2D eigenvalue weighted by Crippen LogP contribution is 2.44. The number of aryl methyl sites for hydroxylation is 1. The van der Waals surface area contributed by atoms with Crippen molar-refractivity contribution in [2.45, 2.75) is 31.7 Å². The molecule has 0 fully saturated rings. The van der Waals surface area contributed by atoms with Crippen LogP contribution in [-0.2, 0) is 4.79 Å². The number of nitrogens with one attached hydrogen (secondary N) is 2. The summed E-state index contributed by atoms with van der Waals surface area (Å²) in [4.78, 5) is 13.4. The van der Waals surface area contributed by atoms with Gasteiger partial charge in [0.2, 0.25) is 0 Å². The van der Waals surface area contributed by atoms with E-state index in [1.54, 1.807) is 0 Å². The van der Waals surface area contributed by atoms with E-state index in [4.69, 9.17) is 0 Å². The average molecular weight is 380 g/mol. The number of fused-ring (bicyclic) bond motifs is 1. The Morgan fingerprint density at radius 3 is 2.21 bits per heavy atom. The van der Waals surface area contributed by atoms with E-state index in [2.05, 4.69) is 78.2 Å². The van der Waals surface area contributed by atoms with E-state index in [1.807, 2.05) is 18.2 Å². The largest absolute Gasteiger partial charge is 0.372 e. The van der Waals surface area contributed by atoms with Crippen LogP contribution in [0.25, 0.3) is 0 Å². The number of carbonyl (C=O) groups excluding carboxylic acids is 1. The second kappa shape index (κ2) is 7.25. The Bertz CT molecular complexity index is 1080. The maximum Gasteiger partial charge on any atom is 0.163 e. The van der Waals surface area contributed by atoms with Crippen molar-refractivity contribution in [2.75, 3.05) is 10.6 Å². The maximum atomic E-state index is 13.4. The lowest BCUT2D eigenvalue weighted by molar-refractivity contribution is -0.116. The number of para-hydroxylation sites is 2. The third-order valence-corrected chi connectivity index (χ3v) is 5.99. The van der Waals surface area contributed by atoms with Gasteiger partial charge in [-0.25, -0.2) is 0 Å². The highest BCUT2D eigenvalue weighted by molar-refractivity contribution is 6.01. The summed E-state index contributed by atoms with van der Waals surface area (Å²) in [5.74, 6) is 0.428. The van der Waals surface area contributed by atoms with Crippen molar-refractivity contribution in [1.29, 1.82) is 0 Å². The van der Waals surface area contributed by atoms with E-state index < -0.39 is 0 Å². The van der Waals surface area contributed by atoms with Gasteiger partial charge in [-0.3, -0.25) is 4.79 Å².